The molecule has 0 spiro atoms. The van der Waals surface area contributed by atoms with Crippen LogP contribution < -0.4 is 0 Å². The normalized spacial score (nSPS) is 16.5. The molecule has 1 aliphatic rings. The summed E-state index contributed by atoms with van der Waals surface area (Å²) in [7, 11) is 0. The largest absolute Gasteiger partial charge is 0.417 e. The molecule has 2 aromatic carbocycles. The van der Waals surface area contributed by atoms with Crippen LogP contribution in [0.25, 0.3) is 11.4 Å². The summed E-state index contributed by atoms with van der Waals surface area (Å²) in [6.07, 6.45) is -4.67. The highest BCUT2D eigenvalue weighted by molar-refractivity contribution is 6.34. The van der Waals surface area contributed by atoms with E-state index in [1.165, 1.54) is 17.0 Å². The van der Waals surface area contributed by atoms with E-state index in [4.69, 9.17) is 11.6 Å². The topological polar surface area (TPSA) is 51.0 Å². The van der Waals surface area contributed by atoms with E-state index in [9.17, 15) is 22.4 Å². The second kappa shape index (κ2) is 7.39. The van der Waals surface area contributed by atoms with Crippen LogP contribution in [0.5, 0.6) is 0 Å². The molecule has 0 N–H and O–H groups in total. The number of alkyl halides is 3. The molecule has 1 aromatic heterocycles. The highest BCUT2D eigenvalue weighted by atomic mass is 35.5. The molecule has 2 heterocycles. The first-order chi connectivity index (χ1) is 14.2. The number of amides is 1. The Balaban J connectivity index is 1.67. The van der Waals surface area contributed by atoms with Gasteiger partial charge in [-0.05, 0) is 31.2 Å². The molecule has 1 atom stereocenters. The van der Waals surface area contributed by atoms with Crippen molar-refractivity contribution in [1.29, 1.82) is 0 Å². The molecule has 3 aromatic rings. The van der Waals surface area contributed by atoms with E-state index in [2.05, 4.69) is 10.2 Å². The smallest absolute Gasteiger partial charge is 0.327 e. The standard InChI is InChI=1S/C20H15ClF4N4O/c1-11-9-29-16(26-27-18(29)12-5-2-3-8-15(12)22)10-28(11)19(30)13-6-4-7-14(17(13)21)20(23,24)25/h2-8,11H,9-10H2,1H3/t11-/m0/s1. The third kappa shape index (κ3) is 3.43. The Labute approximate surface area is 173 Å². The maximum Gasteiger partial charge on any atom is 0.417 e. The Hall–Kier alpha value is -2.94. The van der Waals surface area contributed by atoms with Gasteiger partial charge in [-0.3, -0.25) is 4.79 Å². The monoisotopic (exact) mass is 438 g/mol. The molecule has 156 valence electrons. The van der Waals surface area contributed by atoms with Crippen molar-refractivity contribution in [2.24, 2.45) is 0 Å². The Kier molecular flexibility index (Phi) is 5.01. The van der Waals surface area contributed by atoms with Crippen molar-refractivity contribution in [2.75, 3.05) is 0 Å². The van der Waals surface area contributed by atoms with Crippen LogP contribution >= 0.6 is 11.6 Å². The van der Waals surface area contributed by atoms with E-state index < -0.39 is 34.5 Å². The van der Waals surface area contributed by atoms with Crippen LogP contribution in [0.1, 0.15) is 28.7 Å². The lowest BCUT2D eigenvalue weighted by Crippen LogP contribution is -2.45. The van der Waals surface area contributed by atoms with Crippen LogP contribution in [0.4, 0.5) is 17.6 Å². The van der Waals surface area contributed by atoms with E-state index >= 15 is 0 Å². The minimum absolute atomic E-state index is 0.00796. The fourth-order valence-corrected chi connectivity index (χ4v) is 3.81. The second-order valence-corrected chi connectivity index (χ2v) is 7.36. The number of halogens is 5. The van der Waals surface area contributed by atoms with Crippen molar-refractivity contribution in [2.45, 2.75) is 32.2 Å². The van der Waals surface area contributed by atoms with Gasteiger partial charge < -0.3 is 9.47 Å². The maximum atomic E-state index is 14.2. The molecule has 0 bridgehead atoms. The highest BCUT2D eigenvalue weighted by Gasteiger charge is 2.37. The predicted molar refractivity (Wildman–Crippen MR) is 101 cm³/mol. The Morgan fingerprint density at radius 1 is 1.13 bits per heavy atom. The van der Waals surface area contributed by atoms with Crippen molar-refractivity contribution in [1.82, 2.24) is 19.7 Å². The lowest BCUT2D eigenvalue weighted by atomic mass is 10.1. The number of benzene rings is 2. The van der Waals surface area contributed by atoms with Crippen LogP contribution in [0.2, 0.25) is 5.02 Å². The molecule has 0 unspecified atom stereocenters. The number of carbonyl (C=O) groups excluding carboxylic acids is 1. The molecule has 0 fully saturated rings. The fourth-order valence-electron chi connectivity index (χ4n) is 3.50. The first-order valence-electron chi connectivity index (χ1n) is 9.02. The van der Waals surface area contributed by atoms with E-state index in [0.29, 0.717) is 11.6 Å². The van der Waals surface area contributed by atoms with Crippen LogP contribution in [0.15, 0.2) is 42.5 Å². The molecule has 30 heavy (non-hydrogen) atoms. The summed E-state index contributed by atoms with van der Waals surface area (Å²) in [5.41, 5.74) is -1.02. The molecular weight excluding hydrogens is 424 g/mol. The maximum absolute atomic E-state index is 14.2. The molecule has 1 aliphatic heterocycles. The number of nitrogens with zero attached hydrogens (tertiary/aromatic N) is 4. The molecular formula is C20H15ClF4N4O. The van der Waals surface area contributed by atoms with Gasteiger partial charge in [-0.25, -0.2) is 4.39 Å². The molecule has 0 saturated heterocycles. The van der Waals surface area contributed by atoms with Gasteiger partial charge in [0.05, 0.1) is 28.3 Å². The third-order valence-corrected chi connectivity index (χ3v) is 5.44. The molecule has 0 aliphatic carbocycles. The molecule has 5 nitrogen and oxygen atoms in total. The highest BCUT2D eigenvalue weighted by Crippen LogP contribution is 2.37. The fraction of sp³-hybridized carbons (Fsp3) is 0.250. The van der Waals surface area contributed by atoms with Crippen molar-refractivity contribution >= 4 is 17.5 Å². The number of hydrogen-bond acceptors (Lipinski definition) is 3. The second-order valence-electron chi connectivity index (χ2n) is 6.98. The molecule has 10 heteroatoms. The van der Waals surface area contributed by atoms with Crippen LogP contribution in [-0.2, 0) is 19.3 Å². The van der Waals surface area contributed by atoms with Gasteiger partial charge in [-0.1, -0.05) is 29.8 Å². The zero-order chi connectivity index (χ0) is 21.6. The van der Waals surface area contributed by atoms with E-state index in [1.54, 1.807) is 29.7 Å². The van der Waals surface area contributed by atoms with Gasteiger partial charge in [0.1, 0.15) is 5.82 Å². The number of aromatic nitrogens is 3. The van der Waals surface area contributed by atoms with Crippen molar-refractivity contribution in [3.63, 3.8) is 0 Å². The van der Waals surface area contributed by atoms with Gasteiger partial charge in [-0.2, -0.15) is 13.2 Å². The summed E-state index contributed by atoms with van der Waals surface area (Å²) >= 11 is 5.91. The minimum Gasteiger partial charge on any atom is -0.327 e. The number of fused-ring (bicyclic) bond motifs is 1. The van der Waals surface area contributed by atoms with Gasteiger partial charge in [0, 0.05) is 12.6 Å². The zero-order valence-corrected chi connectivity index (χ0v) is 16.4. The van der Waals surface area contributed by atoms with Gasteiger partial charge in [0.2, 0.25) is 0 Å². The quantitative estimate of drug-likeness (QED) is 0.540. The lowest BCUT2D eigenvalue weighted by molar-refractivity contribution is -0.137. The lowest BCUT2D eigenvalue weighted by Gasteiger charge is -2.34. The molecule has 0 saturated carbocycles. The summed E-state index contributed by atoms with van der Waals surface area (Å²) in [6.45, 7) is 2.01. The summed E-state index contributed by atoms with van der Waals surface area (Å²) in [5, 5.41) is 7.47. The van der Waals surface area contributed by atoms with E-state index in [0.717, 1.165) is 12.1 Å². The van der Waals surface area contributed by atoms with Crippen LogP contribution in [-0.4, -0.2) is 31.6 Å². The van der Waals surface area contributed by atoms with Crippen molar-refractivity contribution in [3.8, 4) is 11.4 Å². The number of carbonyl (C=O) groups is 1. The summed E-state index contributed by atoms with van der Waals surface area (Å²) in [6, 6.07) is 8.97. The van der Waals surface area contributed by atoms with Crippen LogP contribution in [0.3, 0.4) is 0 Å². The van der Waals surface area contributed by atoms with Crippen LogP contribution in [0, 0.1) is 5.82 Å². The number of rotatable bonds is 2. The SMILES string of the molecule is C[C@H]1Cn2c(nnc2-c2ccccc2F)CN1C(=O)c1cccc(C(F)(F)F)c1Cl. The van der Waals surface area contributed by atoms with Gasteiger partial charge in [-0.15, -0.1) is 10.2 Å². The summed E-state index contributed by atoms with van der Waals surface area (Å²) < 4.78 is 55.3. The average molecular weight is 439 g/mol. The van der Waals surface area contributed by atoms with Crippen molar-refractivity contribution < 1.29 is 22.4 Å². The molecule has 1 amide bonds. The van der Waals surface area contributed by atoms with Gasteiger partial charge in [0.25, 0.3) is 5.91 Å². The molecule has 4 rings (SSSR count). The Morgan fingerprint density at radius 3 is 2.57 bits per heavy atom. The molecule has 0 radical (unpaired) electrons. The average Bonchev–Trinajstić information content (AvgIpc) is 3.09. The first-order valence-corrected chi connectivity index (χ1v) is 9.40. The third-order valence-electron chi connectivity index (χ3n) is 5.03. The van der Waals surface area contributed by atoms with E-state index in [1.807, 2.05) is 0 Å². The minimum atomic E-state index is -4.67. The van der Waals surface area contributed by atoms with E-state index in [-0.39, 0.29) is 24.2 Å². The summed E-state index contributed by atoms with van der Waals surface area (Å²) in [5.74, 6) is -0.350. The first kappa shape index (κ1) is 20.3. The van der Waals surface area contributed by atoms with Crippen molar-refractivity contribution in [3.05, 3.63) is 70.3 Å². The van der Waals surface area contributed by atoms with Gasteiger partial charge >= 0.3 is 6.18 Å². The predicted octanol–water partition coefficient (Wildman–Crippen LogP) is 4.80. The van der Waals surface area contributed by atoms with Gasteiger partial charge in [0.15, 0.2) is 11.6 Å². The Morgan fingerprint density at radius 2 is 1.87 bits per heavy atom. The summed E-state index contributed by atoms with van der Waals surface area (Å²) in [4.78, 5) is 14.4. The number of hydrogen-bond donors (Lipinski definition) is 0. The zero-order valence-electron chi connectivity index (χ0n) is 15.6. The Bertz CT molecular complexity index is 1130.